The normalized spacial score (nSPS) is 11.6. The Bertz CT molecular complexity index is 1050. The number of nitrogens with one attached hydrogen (secondary N) is 2. The Kier molecular flexibility index (Phi) is 8.03. The topological polar surface area (TPSA) is 67.4 Å². The van der Waals surface area contributed by atoms with Crippen molar-refractivity contribution in [3.8, 4) is 5.75 Å². The van der Waals surface area contributed by atoms with Gasteiger partial charge in [-0.05, 0) is 48.6 Å². The first-order valence-corrected chi connectivity index (χ1v) is 10.9. The molecule has 5 heteroatoms. The minimum absolute atomic E-state index is 0.226. The number of benzene rings is 3. The van der Waals surface area contributed by atoms with Crippen LogP contribution in [0.1, 0.15) is 48.2 Å². The summed E-state index contributed by atoms with van der Waals surface area (Å²) in [5, 5.41) is 5.77. The molecule has 0 aromatic heterocycles. The maximum absolute atomic E-state index is 12.8. The predicted molar refractivity (Wildman–Crippen MR) is 128 cm³/mol. The maximum atomic E-state index is 12.8. The molecule has 0 saturated heterocycles. The molecule has 0 aliphatic heterocycles. The summed E-state index contributed by atoms with van der Waals surface area (Å²) in [6.07, 6.45) is 0.0189. The number of amides is 2. The Hall–Kier alpha value is -3.60. The van der Waals surface area contributed by atoms with E-state index in [0.29, 0.717) is 23.5 Å². The van der Waals surface area contributed by atoms with E-state index in [4.69, 9.17) is 4.74 Å². The molecule has 0 fully saturated rings. The van der Waals surface area contributed by atoms with Gasteiger partial charge in [0.25, 0.3) is 11.8 Å². The molecule has 0 heterocycles. The summed E-state index contributed by atoms with van der Waals surface area (Å²) in [5.41, 5.74) is 3.08. The van der Waals surface area contributed by atoms with Crippen molar-refractivity contribution in [2.45, 2.75) is 39.2 Å². The van der Waals surface area contributed by atoms with Crippen LogP contribution in [-0.4, -0.2) is 24.5 Å². The standard InChI is InChI=1S/C27H30N2O3/c1-19(2)22-13-8-10-16-25(22)32-20(3)26(30)29-24-15-9-7-14-23(24)27(31)28-18-17-21-11-5-4-6-12-21/h4-16,19-20H,17-18H2,1-3H3,(H,28,31)(H,29,30). The third-order valence-electron chi connectivity index (χ3n) is 5.19. The number of hydrogen-bond acceptors (Lipinski definition) is 3. The summed E-state index contributed by atoms with van der Waals surface area (Å²) in [4.78, 5) is 25.5. The molecular weight excluding hydrogens is 400 g/mol. The van der Waals surface area contributed by atoms with Crippen LogP contribution >= 0.6 is 0 Å². The molecular formula is C27H30N2O3. The highest BCUT2D eigenvalue weighted by Crippen LogP contribution is 2.27. The van der Waals surface area contributed by atoms with Gasteiger partial charge in [-0.3, -0.25) is 9.59 Å². The van der Waals surface area contributed by atoms with Gasteiger partial charge in [-0.1, -0.05) is 74.5 Å². The molecule has 3 rings (SSSR count). The molecule has 3 aromatic rings. The highest BCUT2D eigenvalue weighted by atomic mass is 16.5. The number of rotatable bonds is 9. The molecule has 3 aromatic carbocycles. The van der Waals surface area contributed by atoms with E-state index in [-0.39, 0.29) is 17.7 Å². The van der Waals surface area contributed by atoms with Gasteiger partial charge in [-0.15, -0.1) is 0 Å². The quantitative estimate of drug-likeness (QED) is 0.491. The van der Waals surface area contributed by atoms with Gasteiger partial charge in [-0.2, -0.15) is 0 Å². The third-order valence-corrected chi connectivity index (χ3v) is 5.19. The van der Waals surface area contributed by atoms with Gasteiger partial charge in [0.2, 0.25) is 0 Å². The van der Waals surface area contributed by atoms with Gasteiger partial charge < -0.3 is 15.4 Å². The van der Waals surface area contributed by atoms with Gasteiger partial charge in [0.05, 0.1) is 11.3 Å². The predicted octanol–water partition coefficient (Wildman–Crippen LogP) is 5.19. The van der Waals surface area contributed by atoms with Crippen molar-refractivity contribution < 1.29 is 14.3 Å². The van der Waals surface area contributed by atoms with E-state index >= 15 is 0 Å². The van der Waals surface area contributed by atoms with Crippen LogP contribution in [0.25, 0.3) is 0 Å². The monoisotopic (exact) mass is 430 g/mol. The Morgan fingerprint density at radius 3 is 2.25 bits per heavy atom. The van der Waals surface area contributed by atoms with Crippen LogP contribution in [-0.2, 0) is 11.2 Å². The van der Waals surface area contributed by atoms with E-state index in [1.165, 1.54) is 0 Å². The van der Waals surface area contributed by atoms with Crippen molar-refractivity contribution in [3.05, 3.63) is 95.6 Å². The summed E-state index contributed by atoms with van der Waals surface area (Å²) in [6.45, 7) is 6.38. The Morgan fingerprint density at radius 1 is 0.844 bits per heavy atom. The summed E-state index contributed by atoms with van der Waals surface area (Å²) in [6, 6.07) is 24.7. The minimum Gasteiger partial charge on any atom is -0.481 e. The van der Waals surface area contributed by atoms with E-state index in [1.54, 1.807) is 31.2 Å². The van der Waals surface area contributed by atoms with E-state index in [0.717, 1.165) is 17.5 Å². The molecule has 0 aliphatic carbocycles. The zero-order valence-corrected chi connectivity index (χ0v) is 18.8. The maximum Gasteiger partial charge on any atom is 0.265 e. The highest BCUT2D eigenvalue weighted by molar-refractivity contribution is 6.04. The van der Waals surface area contributed by atoms with Gasteiger partial charge in [0.1, 0.15) is 5.75 Å². The smallest absolute Gasteiger partial charge is 0.265 e. The number of hydrogen-bond donors (Lipinski definition) is 2. The lowest BCUT2D eigenvalue weighted by atomic mass is 10.0. The van der Waals surface area contributed by atoms with Crippen LogP contribution in [0.2, 0.25) is 0 Å². The SMILES string of the molecule is CC(Oc1ccccc1C(C)C)C(=O)Nc1ccccc1C(=O)NCCc1ccccc1. The second-order valence-electron chi connectivity index (χ2n) is 7.98. The van der Waals surface area contributed by atoms with Crippen LogP contribution < -0.4 is 15.4 Å². The molecule has 2 amide bonds. The lowest BCUT2D eigenvalue weighted by Gasteiger charge is -2.19. The highest BCUT2D eigenvalue weighted by Gasteiger charge is 2.20. The fourth-order valence-electron chi connectivity index (χ4n) is 3.39. The Morgan fingerprint density at radius 2 is 1.50 bits per heavy atom. The molecule has 5 nitrogen and oxygen atoms in total. The van der Waals surface area contributed by atoms with Gasteiger partial charge >= 0.3 is 0 Å². The van der Waals surface area contributed by atoms with Gasteiger partial charge in [0.15, 0.2) is 6.10 Å². The lowest BCUT2D eigenvalue weighted by Crippen LogP contribution is -2.32. The minimum atomic E-state index is -0.718. The van der Waals surface area contributed by atoms with Crippen molar-refractivity contribution in [3.63, 3.8) is 0 Å². The van der Waals surface area contributed by atoms with Crippen molar-refractivity contribution in [1.82, 2.24) is 5.32 Å². The summed E-state index contributed by atoms with van der Waals surface area (Å²) in [7, 11) is 0. The number of anilines is 1. The number of para-hydroxylation sites is 2. The fraction of sp³-hybridized carbons (Fsp3) is 0.259. The van der Waals surface area contributed by atoms with Crippen molar-refractivity contribution in [2.24, 2.45) is 0 Å². The zero-order valence-electron chi connectivity index (χ0n) is 18.8. The van der Waals surface area contributed by atoms with E-state index < -0.39 is 6.10 Å². The van der Waals surface area contributed by atoms with Crippen molar-refractivity contribution in [1.29, 1.82) is 0 Å². The molecule has 0 saturated carbocycles. The molecule has 0 bridgehead atoms. The van der Waals surface area contributed by atoms with Crippen LogP contribution in [0, 0.1) is 0 Å². The summed E-state index contributed by atoms with van der Waals surface area (Å²) >= 11 is 0. The van der Waals surface area contributed by atoms with Crippen LogP contribution in [0.4, 0.5) is 5.69 Å². The molecule has 1 atom stereocenters. The fourth-order valence-corrected chi connectivity index (χ4v) is 3.39. The molecule has 2 N–H and O–H groups in total. The first-order valence-electron chi connectivity index (χ1n) is 10.9. The van der Waals surface area contributed by atoms with Crippen LogP contribution in [0.3, 0.4) is 0 Å². The lowest BCUT2D eigenvalue weighted by molar-refractivity contribution is -0.122. The Balaban J connectivity index is 1.62. The second kappa shape index (κ2) is 11.1. The number of carbonyl (C=O) groups is 2. The number of carbonyl (C=O) groups excluding carboxylic acids is 2. The van der Waals surface area contributed by atoms with Gasteiger partial charge in [-0.25, -0.2) is 0 Å². The molecule has 166 valence electrons. The van der Waals surface area contributed by atoms with E-state index in [2.05, 4.69) is 24.5 Å². The van der Waals surface area contributed by atoms with Crippen molar-refractivity contribution >= 4 is 17.5 Å². The average molecular weight is 431 g/mol. The molecule has 0 spiro atoms. The zero-order chi connectivity index (χ0) is 22.9. The second-order valence-corrected chi connectivity index (χ2v) is 7.98. The molecule has 32 heavy (non-hydrogen) atoms. The van der Waals surface area contributed by atoms with Crippen LogP contribution in [0.15, 0.2) is 78.9 Å². The van der Waals surface area contributed by atoms with E-state index in [1.807, 2.05) is 54.6 Å². The first kappa shape index (κ1) is 23.1. The largest absolute Gasteiger partial charge is 0.481 e. The molecule has 0 radical (unpaired) electrons. The summed E-state index contributed by atoms with van der Waals surface area (Å²) in [5.74, 6) is 0.433. The van der Waals surface area contributed by atoms with Gasteiger partial charge in [0, 0.05) is 6.54 Å². The van der Waals surface area contributed by atoms with Crippen LogP contribution in [0.5, 0.6) is 5.75 Å². The third kappa shape index (κ3) is 6.20. The number of ether oxygens (including phenoxy) is 1. The van der Waals surface area contributed by atoms with Crippen molar-refractivity contribution in [2.75, 3.05) is 11.9 Å². The first-order chi connectivity index (χ1) is 15.5. The molecule has 0 aliphatic rings. The Labute approximate surface area is 189 Å². The summed E-state index contributed by atoms with van der Waals surface area (Å²) < 4.78 is 5.94. The van der Waals surface area contributed by atoms with E-state index in [9.17, 15) is 9.59 Å². The average Bonchev–Trinajstić information content (AvgIpc) is 2.80. The molecule has 1 unspecified atom stereocenters.